The largest absolute Gasteiger partial charge is 0.493 e. The van der Waals surface area contributed by atoms with Crippen molar-refractivity contribution in [1.29, 1.82) is 0 Å². The van der Waals surface area contributed by atoms with E-state index in [2.05, 4.69) is 10.6 Å². The monoisotopic (exact) mass is 479 g/mol. The van der Waals surface area contributed by atoms with E-state index >= 15 is 0 Å². The molecule has 0 aliphatic carbocycles. The number of nitrogens with zero attached hydrogens (tertiary/aromatic N) is 1. The normalized spacial score (nSPS) is 18.1. The molecule has 0 radical (unpaired) electrons. The highest BCUT2D eigenvalue weighted by Gasteiger charge is 2.27. The summed E-state index contributed by atoms with van der Waals surface area (Å²) in [7, 11) is 4.84. The van der Waals surface area contributed by atoms with Crippen LogP contribution in [0.5, 0.6) is 11.5 Å². The highest BCUT2D eigenvalue weighted by atomic mass is 16.5. The van der Waals surface area contributed by atoms with Gasteiger partial charge in [0.15, 0.2) is 11.5 Å². The van der Waals surface area contributed by atoms with E-state index in [1.54, 1.807) is 26.2 Å². The van der Waals surface area contributed by atoms with Gasteiger partial charge in [-0.15, -0.1) is 0 Å². The molecule has 2 aromatic rings. The van der Waals surface area contributed by atoms with Gasteiger partial charge in [0, 0.05) is 49.7 Å². The second-order valence-corrected chi connectivity index (χ2v) is 8.86. The summed E-state index contributed by atoms with van der Waals surface area (Å²) in [6, 6.07) is 11.3. The molecule has 2 aliphatic heterocycles. The SMILES string of the molecule is CNC(=O)N1C=C(c2ccc(C(=O)NC3CCOCC3)cc2)c2cc(OC)c(OC)cc2CC1C. The van der Waals surface area contributed by atoms with E-state index in [1.165, 1.54) is 0 Å². The van der Waals surface area contributed by atoms with E-state index in [9.17, 15) is 9.59 Å². The quantitative estimate of drug-likeness (QED) is 0.684. The van der Waals surface area contributed by atoms with Crippen molar-refractivity contribution in [3.8, 4) is 11.5 Å². The number of urea groups is 1. The number of fused-ring (bicyclic) bond motifs is 1. The number of nitrogens with one attached hydrogen (secondary N) is 2. The Morgan fingerprint density at radius 1 is 1.03 bits per heavy atom. The molecule has 1 atom stereocenters. The number of amides is 3. The summed E-state index contributed by atoms with van der Waals surface area (Å²) in [5, 5.41) is 5.83. The van der Waals surface area contributed by atoms with Gasteiger partial charge in [-0.3, -0.25) is 9.69 Å². The molecule has 0 aromatic heterocycles. The van der Waals surface area contributed by atoms with E-state index < -0.39 is 0 Å². The van der Waals surface area contributed by atoms with Crippen LogP contribution >= 0.6 is 0 Å². The molecular formula is C27H33N3O5. The minimum atomic E-state index is -0.186. The molecule has 1 fully saturated rings. The molecule has 2 aliphatic rings. The van der Waals surface area contributed by atoms with Gasteiger partial charge in [-0.1, -0.05) is 12.1 Å². The number of carbonyl (C=O) groups excluding carboxylic acids is 2. The summed E-state index contributed by atoms with van der Waals surface area (Å²) in [4.78, 5) is 27.2. The lowest BCUT2D eigenvalue weighted by atomic mass is 9.92. The van der Waals surface area contributed by atoms with Crippen molar-refractivity contribution in [2.45, 2.75) is 38.3 Å². The minimum Gasteiger partial charge on any atom is -0.493 e. The molecule has 8 heteroatoms. The summed E-state index contributed by atoms with van der Waals surface area (Å²) in [5.74, 6) is 1.17. The molecule has 186 valence electrons. The van der Waals surface area contributed by atoms with Gasteiger partial charge in [-0.05, 0) is 67.1 Å². The third-order valence-corrected chi connectivity index (χ3v) is 6.62. The summed E-state index contributed by atoms with van der Waals surface area (Å²) in [6.07, 6.45) is 4.17. The fourth-order valence-corrected chi connectivity index (χ4v) is 4.62. The maximum atomic E-state index is 12.8. The van der Waals surface area contributed by atoms with E-state index in [1.807, 2.05) is 49.5 Å². The van der Waals surface area contributed by atoms with E-state index in [-0.39, 0.29) is 24.0 Å². The number of rotatable bonds is 5. The average Bonchev–Trinajstić information content (AvgIpc) is 3.03. The van der Waals surface area contributed by atoms with Crippen LogP contribution in [0.15, 0.2) is 42.6 Å². The zero-order chi connectivity index (χ0) is 24.9. The Hall–Kier alpha value is -3.52. The summed E-state index contributed by atoms with van der Waals surface area (Å²) in [6.45, 7) is 3.36. The number of carbonyl (C=O) groups is 2. The molecule has 0 saturated carbocycles. The van der Waals surface area contributed by atoms with Gasteiger partial charge < -0.3 is 24.8 Å². The Morgan fingerprint density at radius 2 is 1.69 bits per heavy atom. The van der Waals surface area contributed by atoms with Crippen molar-refractivity contribution >= 4 is 17.5 Å². The third-order valence-electron chi connectivity index (χ3n) is 6.62. The standard InChI is InChI=1S/C27H33N3O5/c1-17-13-20-14-24(33-3)25(34-4)15-22(20)23(16-30(17)27(32)28-2)18-5-7-19(8-6-18)26(31)29-21-9-11-35-12-10-21/h5-8,14-17,21H,9-13H2,1-4H3,(H,28,32)(H,29,31). The first-order valence-electron chi connectivity index (χ1n) is 11.9. The van der Waals surface area contributed by atoms with Crippen LogP contribution in [0.1, 0.15) is 46.8 Å². The van der Waals surface area contributed by atoms with Gasteiger partial charge in [-0.2, -0.15) is 0 Å². The zero-order valence-corrected chi connectivity index (χ0v) is 20.7. The minimum absolute atomic E-state index is 0.0752. The molecule has 1 saturated heterocycles. The summed E-state index contributed by atoms with van der Waals surface area (Å²) < 4.78 is 16.5. The molecule has 3 amide bonds. The fraction of sp³-hybridized carbons (Fsp3) is 0.407. The number of benzene rings is 2. The Kier molecular flexibility index (Phi) is 7.60. The van der Waals surface area contributed by atoms with Crippen molar-refractivity contribution in [3.05, 3.63) is 64.9 Å². The van der Waals surface area contributed by atoms with Crippen LogP contribution in [0.3, 0.4) is 0 Å². The number of hydrogen-bond donors (Lipinski definition) is 2. The summed E-state index contributed by atoms with van der Waals surface area (Å²) in [5.41, 5.74) is 4.36. The molecule has 8 nitrogen and oxygen atoms in total. The van der Waals surface area contributed by atoms with Gasteiger partial charge in [0.25, 0.3) is 5.91 Å². The van der Waals surface area contributed by atoms with Crippen LogP contribution in [0.2, 0.25) is 0 Å². The molecule has 2 N–H and O–H groups in total. The average molecular weight is 480 g/mol. The van der Waals surface area contributed by atoms with Crippen LogP contribution < -0.4 is 20.1 Å². The molecule has 0 bridgehead atoms. The first-order chi connectivity index (χ1) is 16.9. The van der Waals surface area contributed by atoms with Crippen LogP contribution in [0.25, 0.3) is 5.57 Å². The Balaban J connectivity index is 1.71. The van der Waals surface area contributed by atoms with Crippen LogP contribution in [-0.4, -0.2) is 63.4 Å². The second kappa shape index (κ2) is 10.8. The first-order valence-corrected chi connectivity index (χ1v) is 11.9. The molecule has 0 spiro atoms. The molecule has 4 rings (SSSR count). The highest BCUT2D eigenvalue weighted by Crippen LogP contribution is 2.39. The van der Waals surface area contributed by atoms with Crippen molar-refractivity contribution in [3.63, 3.8) is 0 Å². The smallest absolute Gasteiger partial charge is 0.321 e. The zero-order valence-electron chi connectivity index (χ0n) is 20.7. The molecule has 2 heterocycles. The molecule has 1 unspecified atom stereocenters. The molecular weight excluding hydrogens is 446 g/mol. The maximum absolute atomic E-state index is 12.8. The van der Waals surface area contributed by atoms with Gasteiger partial charge in [0.1, 0.15) is 0 Å². The van der Waals surface area contributed by atoms with Gasteiger partial charge in [-0.25, -0.2) is 4.79 Å². The highest BCUT2D eigenvalue weighted by molar-refractivity contribution is 5.95. The van der Waals surface area contributed by atoms with Crippen LogP contribution in [0.4, 0.5) is 4.79 Å². The number of methoxy groups -OCH3 is 2. The van der Waals surface area contributed by atoms with Crippen molar-refractivity contribution in [2.75, 3.05) is 34.5 Å². The van der Waals surface area contributed by atoms with Crippen LogP contribution in [-0.2, 0) is 11.2 Å². The lowest BCUT2D eigenvalue weighted by molar-refractivity contribution is 0.0696. The Labute approximate surface area is 206 Å². The molecule has 35 heavy (non-hydrogen) atoms. The van der Waals surface area contributed by atoms with Crippen molar-refractivity contribution < 1.29 is 23.8 Å². The second-order valence-electron chi connectivity index (χ2n) is 8.86. The Bertz CT molecular complexity index is 1110. The summed E-state index contributed by atoms with van der Waals surface area (Å²) >= 11 is 0. The lowest BCUT2D eigenvalue weighted by Gasteiger charge is -2.24. The van der Waals surface area contributed by atoms with E-state index in [0.29, 0.717) is 36.7 Å². The topological polar surface area (TPSA) is 89.1 Å². The molecule has 2 aromatic carbocycles. The lowest BCUT2D eigenvalue weighted by Crippen LogP contribution is -2.40. The fourth-order valence-electron chi connectivity index (χ4n) is 4.62. The van der Waals surface area contributed by atoms with Gasteiger partial charge >= 0.3 is 6.03 Å². The third kappa shape index (κ3) is 5.27. The number of ether oxygens (including phenoxy) is 3. The van der Waals surface area contributed by atoms with E-state index in [0.717, 1.165) is 35.1 Å². The van der Waals surface area contributed by atoms with Crippen LogP contribution in [0, 0.1) is 0 Å². The Morgan fingerprint density at radius 3 is 2.31 bits per heavy atom. The predicted molar refractivity (Wildman–Crippen MR) is 134 cm³/mol. The number of hydrogen-bond acceptors (Lipinski definition) is 5. The van der Waals surface area contributed by atoms with Gasteiger partial charge in [0.05, 0.1) is 14.2 Å². The predicted octanol–water partition coefficient (Wildman–Crippen LogP) is 3.59. The first kappa shape index (κ1) is 24.6. The van der Waals surface area contributed by atoms with Gasteiger partial charge in [0.2, 0.25) is 0 Å². The maximum Gasteiger partial charge on any atom is 0.321 e. The van der Waals surface area contributed by atoms with E-state index in [4.69, 9.17) is 14.2 Å². The van der Waals surface area contributed by atoms with Crippen molar-refractivity contribution in [2.24, 2.45) is 0 Å². The van der Waals surface area contributed by atoms with Crippen molar-refractivity contribution in [1.82, 2.24) is 15.5 Å².